The van der Waals surface area contributed by atoms with Gasteiger partial charge in [-0.1, -0.05) is 12.1 Å². The maximum atomic E-state index is 12.6. The Morgan fingerprint density at radius 2 is 1.85 bits per heavy atom. The van der Waals surface area contributed by atoms with Crippen LogP contribution >= 0.6 is 0 Å². The molecule has 0 saturated carbocycles. The third kappa shape index (κ3) is 5.24. The Bertz CT molecular complexity index is 1190. The number of non-ortho nitro benzene ring substituents is 1. The smallest absolute Gasteiger partial charge is 0.407 e. The largest absolute Gasteiger partial charge is 0.419 e. The van der Waals surface area contributed by atoms with Crippen LogP contribution in [0.2, 0.25) is 0 Å². The van der Waals surface area contributed by atoms with E-state index in [2.05, 4.69) is 29.2 Å². The first-order chi connectivity index (χ1) is 15.9. The number of aryl methyl sites for hydroxylation is 1. The number of amides is 1. The van der Waals surface area contributed by atoms with E-state index in [0.29, 0.717) is 25.0 Å². The van der Waals surface area contributed by atoms with Crippen LogP contribution in [0.25, 0.3) is 11.1 Å². The number of hydrogen-bond donors (Lipinski definition) is 0. The summed E-state index contributed by atoms with van der Waals surface area (Å²) in [6.07, 6.45) is 4.52. The van der Waals surface area contributed by atoms with Gasteiger partial charge in [-0.3, -0.25) is 19.5 Å². The van der Waals surface area contributed by atoms with Crippen LogP contribution in [0, 0.1) is 10.1 Å². The van der Waals surface area contributed by atoms with Crippen LogP contribution in [0.1, 0.15) is 37.7 Å². The molecule has 9 nitrogen and oxygen atoms in total. The number of nitro benzene ring substituents is 1. The highest BCUT2D eigenvalue weighted by Crippen LogP contribution is 2.22. The number of anilines is 1. The van der Waals surface area contributed by atoms with Crippen molar-refractivity contribution in [2.45, 2.75) is 45.2 Å². The van der Waals surface area contributed by atoms with Crippen molar-refractivity contribution in [1.82, 2.24) is 9.47 Å². The molecule has 0 aliphatic carbocycles. The van der Waals surface area contributed by atoms with E-state index in [9.17, 15) is 19.7 Å². The number of benzene rings is 2. The number of fused-ring (bicyclic) bond motifs is 1. The minimum atomic E-state index is -0.583. The van der Waals surface area contributed by atoms with Crippen LogP contribution in [-0.2, 0) is 17.9 Å². The first kappa shape index (κ1) is 22.6. The molecule has 3 aromatic rings. The highest BCUT2D eigenvalue weighted by atomic mass is 16.6. The fourth-order valence-corrected chi connectivity index (χ4v) is 4.29. The van der Waals surface area contributed by atoms with Crippen molar-refractivity contribution in [1.29, 1.82) is 0 Å². The van der Waals surface area contributed by atoms with Crippen molar-refractivity contribution in [3.8, 4) is 0 Å². The molecule has 0 unspecified atom stereocenters. The van der Waals surface area contributed by atoms with Gasteiger partial charge in [0.1, 0.15) is 0 Å². The predicted molar refractivity (Wildman–Crippen MR) is 125 cm³/mol. The normalized spacial score (nSPS) is 13.9. The van der Waals surface area contributed by atoms with Gasteiger partial charge >= 0.3 is 5.76 Å². The van der Waals surface area contributed by atoms with E-state index in [1.54, 1.807) is 11.9 Å². The molecule has 2 heterocycles. The zero-order valence-electron chi connectivity index (χ0n) is 18.7. The van der Waals surface area contributed by atoms with E-state index in [-0.39, 0.29) is 23.6 Å². The fraction of sp³-hybridized carbons (Fsp3) is 0.417. The molecule has 2 aromatic carbocycles. The summed E-state index contributed by atoms with van der Waals surface area (Å²) in [6.45, 7) is 3.03. The molecule has 0 N–H and O–H groups in total. The van der Waals surface area contributed by atoms with E-state index in [0.717, 1.165) is 18.7 Å². The molecule has 1 aromatic heterocycles. The van der Waals surface area contributed by atoms with Crippen molar-refractivity contribution >= 4 is 28.4 Å². The molecule has 4 rings (SSSR count). The summed E-state index contributed by atoms with van der Waals surface area (Å²) in [7, 11) is 1.78. The molecular weight excluding hydrogens is 424 g/mol. The Hall–Kier alpha value is -3.62. The molecule has 0 atom stereocenters. The molecule has 174 valence electrons. The molecule has 1 aliphatic heterocycles. The van der Waals surface area contributed by atoms with Crippen LogP contribution in [0.4, 0.5) is 11.4 Å². The number of aromatic nitrogens is 1. The monoisotopic (exact) mass is 452 g/mol. The van der Waals surface area contributed by atoms with Crippen LogP contribution < -0.4 is 10.7 Å². The number of carbonyl (C=O) groups excluding carboxylic acids is 1. The summed E-state index contributed by atoms with van der Waals surface area (Å²) >= 11 is 0. The number of rotatable bonds is 8. The molecule has 1 amide bonds. The summed E-state index contributed by atoms with van der Waals surface area (Å²) in [4.78, 5) is 39.2. The zero-order valence-corrected chi connectivity index (χ0v) is 18.7. The zero-order chi connectivity index (χ0) is 23.4. The van der Waals surface area contributed by atoms with Gasteiger partial charge in [-0.25, -0.2) is 4.79 Å². The molecule has 9 heteroatoms. The summed E-state index contributed by atoms with van der Waals surface area (Å²) in [5.41, 5.74) is 2.83. The molecule has 33 heavy (non-hydrogen) atoms. The highest BCUT2D eigenvalue weighted by Gasteiger charge is 2.16. The first-order valence-corrected chi connectivity index (χ1v) is 11.3. The number of oxazole rings is 1. The lowest BCUT2D eigenvalue weighted by molar-refractivity contribution is -0.384. The van der Waals surface area contributed by atoms with Gasteiger partial charge in [0.25, 0.3) is 5.69 Å². The molecule has 1 aliphatic rings. The second-order valence-electron chi connectivity index (χ2n) is 8.50. The third-order valence-corrected chi connectivity index (χ3v) is 6.14. The van der Waals surface area contributed by atoms with Gasteiger partial charge in [-0.05, 0) is 49.4 Å². The highest BCUT2D eigenvalue weighted by molar-refractivity contribution is 5.76. The van der Waals surface area contributed by atoms with Gasteiger partial charge < -0.3 is 14.2 Å². The van der Waals surface area contributed by atoms with Crippen molar-refractivity contribution < 1.29 is 14.1 Å². The van der Waals surface area contributed by atoms with E-state index in [1.807, 2.05) is 0 Å². The fourth-order valence-electron chi connectivity index (χ4n) is 4.29. The first-order valence-electron chi connectivity index (χ1n) is 11.3. The summed E-state index contributed by atoms with van der Waals surface area (Å²) in [5.74, 6) is -0.591. The van der Waals surface area contributed by atoms with Gasteiger partial charge in [-0.15, -0.1) is 0 Å². The van der Waals surface area contributed by atoms with E-state index in [4.69, 9.17) is 4.42 Å². The predicted octanol–water partition coefficient (Wildman–Crippen LogP) is 3.93. The lowest BCUT2D eigenvalue weighted by Crippen LogP contribution is -2.29. The van der Waals surface area contributed by atoms with E-state index in [1.165, 1.54) is 47.7 Å². The van der Waals surface area contributed by atoms with Crippen molar-refractivity contribution in [3.63, 3.8) is 0 Å². The Morgan fingerprint density at radius 3 is 2.55 bits per heavy atom. The van der Waals surface area contributed by atoms with Gasteiger partial charge in [0.2, 0.25) is 5.91 Å². The van der Waals surface area contributed by atoms with Gasteiger partial charge in [-0.2, -0.15) is 0 Å². The van der Waals surface area contributed by atoms with Crippen molar-refractivity contribution in [2.24, 2.45) is 0 Å². The average molecular weight is 453 g/mol. The molecule has 1 fully saturated rings. The van der Waals surface area contributed by atoms with Crippen LogP contribution in [-0.4, -0.2) is 40.4 Å². The summed E-state index contributed by atoms with van der Waals surface area (Å²) in [5, 5.41) is 10.9. The minimum Gasteiger partial charge on any atom is -0.407 e. The Morgan fingerprint density at radius 1 is 1.12 bits per heavy atom. The second-order valence-corrected chi connectivity index (χ2v) is 8.50. The molecule has 1 saturated heterocycles. The SMILES string of the molecule is CN(Cc1ccc(N2CCCCC2)cc1)C(=O)CCCn1c(=O)oc2cc([N+](=O)[O-])ccc21. The maximum Gasteiger partial charge on any atom is 0.419 e. The Balaban J connectivity index is 1.30. The Kier molecular flexibility index (Phi) is 6.76. The molecule has 0 spiro atoms. The van der Waals surface area contributed by atoms with Gasteiger partial charge in [0, 0.05) is 51.4 Å². The number of nitrogens with zero attached hydrogens (tertiary/aromatic N) is 4. The third-order valence-electron chi connectivity index (χ3n) is 6.14. The van der Waals surface area contributed by atoms with Crippen LogP contribution in [0.3, 0.4) is 0 Å². The standard InChI is InChI=1S/C24H28N4O5/c1-25(17-18-7-9-19(10-8-18)26-13-3-2-4-14-26)23(29)6-5-15-27-21-12-11-20(28(31)32)16-22(21)33-24(27)30/h7-12,16H,2-6,13-15,17H2,1H3. The number of carbonyl (C=O) groups is 1. The summed E-state index contributed by atoms with van der Waals surface area (Å²) in [6, 6.07) is 12.5. The lowest BCUT2D eigenvalue weighted by atomic mass is 10.1. The molecule has 0 radical (unpaired) electrons. The number of hydrogen-bond acceptors (Lipinski definition) is 6. The quantitative estimate of drug-likeness (QED) is 0.379. The van der Waals surface area contributed by atoms with Gasteiger partial charge in [0.05, 0.1) is 16.5 Å². The second kappa shape index (κ2) is 9.89. The van der Waals surface area contributed by atoms with E-state index < -0.39 is 10.7 Å². The topological polar surface area (TPSA) is 102 Å². The van der Waals surface area contributed by atoms with Crippen molar-refractivity contribution in [2.75, 3.05) is 25.0 Å². The minimum absolute atomic E-state index is 0.00778. The maximum absolute atomic E-state index is 12.6. The number of nitro groups is 1. The van der Waals surface area contributed by atoms with Crippen LogP contribution in [0.5, 0.6) is 0 Å². The molecular formula is C24H28N4O5. The van der Waals surface area contributed by atoms with Gasteiger partial charge in [0.15, 0.2) is 5.58 Å². The van der Waals surface area contributed by atoms with Crippen LogP contribution in [0.15, 0.2) is 51.7 Å². The summed E-state index contributed by atoms with van der Waals surface area (Å²) < 4.78 is 6.54. The number of piperidine rings is 1. The average Bonchev–Trinajstić information content (AvgIpc) is 3.14. The van der Waals surface area contributed by atoms with E-state index >= 15 is 0 Å². The van der Waals surface area contributed by atoms with Crippen molar-refractivity contribution in [3.05, 3.63) is 68.7 Å². The molecule has 0 bridgehead atoms. The lowest BCUT2D eigenvalue weighted by Gasteiger charge is -2.29. The Labute approximate surface area is 191 Å².